The molecule has 0 aliphatic heterocycles. The Morgan fingerprint density at radius 2 is 2.05 bits per heavy atom. The fourth-order valence-corrected chi connectivity index (χ4v) is 2.46. The number of aromatic nitrogens is 3. The SMILES string of the molecule is CCc1nc(NN)cc(NC(C)c2nc(C)cs2)n1. The van der Waals surface area contributed by atoms with Crippen molar-refractivity contribution < 1.29 is 0 Å². The summed E-state index contributed by atoms with van der Waals surface area (Å²) in [5.41, 5.74) is 3.59. The standard InChI is InChI=1S/C12H18N6S/c1-4-9-16-10(5-11(17-9)18-13)15-8(3)12-14-7(2)6-19-12/h5-6,8H,4,13H2,1-3H3,(H2,15,16,17,18). The van der Waals surface area contributed by atoms with E-state index in [1.54, 1.807) is 17.4 Å². The first-order chi connectivity index (χ1) is 9.12. The molecule has 0 aliphatic rings. The van der Waals surface area contributed by atoms with Gasteiger partial charge in [0.05, 0.1) is 6.04 Å². The van der Waals surface area contributed by atoms with Crippen molar-refractivity contribution >= 4 is 23.0 Å². The molecule has 1 atom stereocenters. The minimum atomic E-state index is 0.101. The third-order valence-corrected chi connectivity index (χ3v) is 3.75. The molecule has 19 heavy (non-hydrogen) atoms. The van der Waals surface area contributed by atoms with Gasteiger partial charge in [-0.05, 0) is 13.8 Å². The Bertz CT molecular complexity index is 531. The Hall–Kier alpha value is -1.73. The predicted octanol–water partition coefficient (Wildman–Crippen LogP) is 2.26. The van der Waals surface area contributed by atoms with Crippen LogP contribution in [0.3, 0.4) is 0 Å². The summed E-state index contributed by atoms with van der Waals surface area (Å²) in [5.74, 6) is 7.52. The van der Waals surface area contributed by atoms with Crippen molar-refractivity contribution in [3.63, 3.8) is 0 Å². The van der Waals surface area contributed by atoms with Crippen molar-refractivity contribution in [2.75, 3.05) is 10.7 Å². The van der Waals surface area contributed by atoms with Crippen LogP contribution in [-0.2, 0) is 6.42 Å². The maximum absolute atomic E-state index is 5.41. The highest BCUT2D eigenvalue weighted by molar-refractivity contribution is 7.09. The van der Waals surface area contributed by atoms with Crippen molar-refractivity contribution in [2.45, 2.75) is 33.2 Å². The molecule has 0 saturated carbocycles. The highest BCUT2D eigenvalue weighted by Crippen LogP contribution is 2.22. The average Bonchev–Trinajstić information content (AvgIpc) is 2.85. The van der Waals surface area contributed by atoms with Crippen LogP contribution in [0, 0.1) is 6.92 Å². The van der Waals surface area contributed by atoms with Crippen LogP contribution < -0.4 is 16.6 Å². The second-order valence-corrected chi connectivity index (χ2v) is 5.14. The number of nitrogens with one attached hydrogen (secondary N) is 2. The summed E-state index contributed by atoms with van der Waals surface area (Å²) in [6.45, 7) is 6.05. The molecule has 2 heterocycles. The van der Waals surface area contributed by atoms with Crippen LogP contribution in [0.4, 0.5) is 11.6 Å². The van der Waals surface area contributed by atoms with E-state index >= 15 is 0 Å². The first kappa shape index (κ1) is 13.7. The largest absolute Gasteiger partial charge is 0.361 e. The summed E-state index contributed by atoms with van der Waals surface area (Å²) in [6, 6.07) is 1.89. The number of nitrogens with two attached hydrogens (primary N) is 1. The Morgan fingerprint density at radius 3 is 2.63 bits per heavy atom. The third kappa shape index (κ3) is 3.39. The van der Waals surface area contributed by atoms with E-state index in [0.717, 1.165) is 28.8 Å². The number of hydrogen-bond acceptors (Lipinski definition) is 7. The molecule has 0 aliphatic carbocycles. The van der Waals surface area contributed by atoms with Gasteiger partial charge in [-0.2, -0.15) is 0 Å². The lowest BCUT2D eigenvalue weighted by atomic mass is 10.3. The van der Waals surface area contributed by atoms with E-state index in [9.17, 15) is 0 Å². The van der Waals surface area contributed by atoms with Crippen LogP contribution in [0.15, 0.2) is 11.4 Å². The topological polar surface area (TPSA) is 88.8 Å². The molecule has 0 spiro atoms. The predicted molar refractivity (Wildman–Crippen MR) is 78.1 cm³/mol. The summed E-state index contributed by atoms with van der Waals surface area (Å²) in [6.07, 6.45) is 0.759. The van der Waals surface area contributed by atoms with Crippen LogP contribution >= 0.6 is 11.3 Å². The van der Waals surface area contributed by atoms with Gasteiger partial charge in [-0.1, -0.05) is 6.92 Å². The number of hydrogen-bond donors (Lipinski definition) is 3. The fourth-order valence-electron chi connectivity index (χ4n) is 1.66. The van der Waals surface area contributed by atoms with E-state index in [-0.39, 0.29) is 6.04 Å². The summed E-state index contributed by atoms with van der Waals surface area (Å²) in [4.78, 5) is 13.1. The maximum atomic E-state index is 5.41. The average molecular weight is 278 g/mol. The molecule has 1 unspecified atom stereocenters. The van der Waals surface area contributed by atoms with Crippen LogP contribution in [0.5, 0.6) is 0 Å². The molecular weight excluding hydrogens is 260 g/mol. The van der Waals surface area contributed by atoms with Crippen molar-refractivity contribution in [1.29, 1.82) is 0 Å². The van der Waals surface area contributed by atoms with Gasteiger partial charge < -0.3 is 10.7 Å². The molecule has 2 aromatic heterocycles. The van der Waals surface area contributed by atoms with Crippen LogP contribution in [0.2, 0.25) is 0 Å². The fraction of sp³-hybridized carbons (Fsp3) is 0.417. The minimum Gasteiger partial charge on any atom is -0.361 e. The highest BCUT2D eigenvalue weighted by atomic mass is 32.1. The van der Waals surface area contributed by atoms with Crippen molar-refractivity contribution in [1.82, 2.24) is 15.0 Å². The maximum Gasteiger partial charge on any atom is 0.145 e. The monoisotopic (exact) mass is 278 g/mol. The third-order valence-electron chi connectivity index (χ3n) is 2.61. The number of aryl methyl sites for hydroxylation is 2. The lowest BCUT2D eigenvalue weighted by molar-refractivity contribution is 0.842. The molecular formula is C12H18N6S. The number of hydrazine groups is 1. The zero-order chi connectivity index (χ0) is 13.8. The van der Waals surface area contributed by atoms with E-state index in [4.69, 9.17) is 5.84 Å². The lowest BCUT2D eigenvalue weighted by Gasteiger charge is -2.13. The summed E-state index contributed by atoms with van der Waals surface area (Å²) in [5, 5.41) is 6.40. The van der Waals surface area contributed by atoms with Gasteiger partial charge in [-0.3, -0.25) is 0 Å². The zero-order valence-corrected chi connectivity index (χ0v) is 12.1. The van der Waals surface area contributed by atoms with Crippen LogP contribution in [0.1, 0.15) is 36.4 Å². The van der Waals surface area contributed by atoms with Gasteiger partial charge in [0.2, 0.25) is 0 Å². The summed E-state index contributed by atoms with van der Waals surface area (Å²) >= 11 is 1.64. The van der Waals surface area contributed by atoms with Gasteiger partial charge in [0.25, 0.3) is 0 Å². The lowest BCUT2D eigenvalue weighted by Crippen LogP contribution is -2.13. The smallest absolute Gasteiger partial charge is 0.145 e. The number of thiazole rings is 1. The van der Waals surface area contributed by atoms with Gasteiger partial charge >= 0.3 is 0 Å². The van der Waals surface area contributed by atoms with Crippen LogP contribution in [0.25, 0.3) is 0 Å². The molecule has 0 radical (unpaired) electrons. The van der Waals surface area contributed by atoms with E-state index in [1.807, 2.05) is 19.2 Å². The van der Waals surface area contributed by atoms with Gasteiger partial charge in [-0.25, -0.2) is 20.8 Å². The Labute approximate surface area is 116 Å². The number of nitrogens with zero attached hydrogens (tertiary/aromatic N) is 3. The van der Waals surface area contributed by atoms with Crippen molar-refractivity contribution in [2.24, 2.45) is 5.84 Å². The molecule has 4 N–H and O–H groups in total. The molecule has 2 aromatic rings. The molecule has 6 nitrogen and oxygen atoms in total. The molecule has 0 fully saturated rings. The Kier molecular flexibility index (Phi) is 4.28. The molecule has 2 rings (SSSR count). The minimum absolute atomic E-state index is 0.101. The van der Waals surface area contributed by atoms with Crippen molar-refractivity contribution in [3.05, 3.63) is 28.0 Å². The molecule has 0 amide bonds. The summed E-state index contributed by atoms with van der Waals surface area (Å²) < 4.78 is 0. The first-order valence-corrected chi connectivity index (χ1v) is 7.03. The molecule has 0 aromatic carbocycles. The molecule has 7 heteroatoms. The summed E-state index contributed by atoms with van der Waals surface area (Å²) in [7, 11) is 0. The van der Waals surface area contributed by atoms with E-state index in [0.29, 0.717) is 5.82 Å². The Balaban J connectivity index is 2.18. The van der Waals surface area contributed by atoms with E-state index in [2.05, 4.69) is 32.6 Å². The van der Waals surface area contributed by atoms with E-state index in [1.165, 1.54) is 0 Å². The van der Waals surface area contributed by atoms with Gasteiger partial charge in [-0.15, -0.1) is 11.3 Å². The number of rotatable bonds is 5. The quantitative estimate of drug-likeness (QED) is 0.574. The molecule has 102 valence electrons. The van der Waals surface area contributed by atoms with E-state index < -0.39 is 0 Å². The molecule has 0 bridgehead atoms. The van der Waals surface area contributed by atoms with Crippen molar-refractivity contribution in [3.8, 4) is 0 Å². The second-order valence-electron chi connectivity index (χ2n) is 4.25. The normalized spacial score (nSPS) is 12.2. The highest BCUT2D eigenvalue weighted by Gasteiger charge is 2.11. The molecule has 0 saturated heterocycles. The number of nitrogen functional groups attached to an aromatic ring is 1. The van der Waals surface area contributed by atoms with Crippen LogP contribution in [-0.4, -0.2) is 15.0 Å². The van der Waals surface area contributed by atoms with Gasteiger partial charge in [0.1, 0.15) is 22.5 Å². The first-order valence-electron chi connectivity index (χ1n) is 6.15. The van der Waals surface area contributed by atoms with Gasteiger partial charge in [0, 0.05) is 23.6 Å². The van der Waals surface area contributed by atoms with Gasteiger partial charge in [0.15, 0.2) is 0 Å². The Morgan fingerprint density at radius 1 is 1.32 bits per heavy atom. The second kappa shape index (κ2) is 5.94. The number of anilines is 2. The zero-order valence-electron chi connectivity index (χ0n) is 11.3.